The predicted molar refractivity (Wildman–Crippen MR) is 172 cm³/mol. The van der Waals surface area contributed by atoms with Gasteiger partial charge in [-0.3, -0.25) is 0 Å². The minimum absolute atomic E-state index is 0.832. The standard InChI is InChI=1S/4C4H11Si.2C4H9Si.2Ta/c6*1-5(2,3)4;;/h4*1H2,2-4H3;2*1-3H3;;/q6*-1;;. The first kappa shape index (κ1) is 47.7. The second kappa shape index (κ2) is 21.6. The number of hydrogen-bond donors (Lipinski definition) is 0. The van der Waals surface area contributed by atoms with Gasteiger partial charge in [-0.05, 0) is 0 Å². The molecule has 0 saturated carbocycles. The topological polar surface area (TPSA) is 0 Å². The molecular weight excluding hydrogens is 819 g/mol. The molecule has 8 heteroatoms. The summed E-state index contributed by atoms with van der Waals surface area (Å²) in [6.07, 6.45) is 0. The van der Waals surface area contributed by atoms with E-state index < -0.39 is 48.4 Å². The van der Waals surface area contributed by atoms with Gasteiger partial charge in [0.2, 0.25) is 0 Å². The van der Waals surface area contributed by atoms with Crippen molar-refractivity contribution in [2.24, 2.45) is 0 Å². The molecule has 0 saturated heterocycles. The molecule has 0 atom stereocenters. The maximum Gasteiger partial charge on any atom is -0.0951 e. The largest absolute Gasteiger partial charge is 0.342 e. The van der Waals surface area contributed by atoms with E-state index in [1.807, 2.05) is 0 Å². The molecule has 0 aromatic heterocycles. The van der Waals surface area contributed by atoms with Gasteiger partial charge in [0.15, 0.2) is 0 Å². The first-order chi connectivity index (χ1) is 13.1. The predicted octanol–water partition coefficient (Wildman–Crippen LogP) is 8.97. The summed E-state index contributed by atoms with van der Waals surface area (Å²) in [7, 11) is -5.11. The molecule has 0 amide bonds. The molecule has 0 spiro atoms. The molecule has 0 aliphatic rings. The minimum Gasteiger partial charge on any atom is -0.342 e. The van der Waals surface area contributed by atoms with Gasteiger partial charge >= 0.3 is 104 Å². The summed E-state index contributed by atoms with van der Waals surface area (Å²) in [6.45, 7) is 56.0. The van der Waals surface area contributed by atoms with Crippen LogP contribution in [0.5, 0.6) is 0 Å². The summed E-state index contributed by atoms with van der Waals surface area (Å²) < 4.78 is 6.71. The third kappa shape index (κ3) is 445. The molecule has 0 aromatic carbocycles. The van der Waals surface area contributed by atoms with Crippen LogP contribution < -0.4 is 0 Å². The second-order valence-corrected chi connectivity index (χ2v) is 49.7. The van der Waals surface area contributed by atoms with Crippen LogP contribution in [0.3, 0.4) is 0 Å². The van der Waals surface area contributed by atoms with Gasteiger partial charge in [-0.1, -0.05) is 78.6 Å². The van der Waals surface area contributed by atoms with Crippen molar-refractivity contribution >= 4 is 56.1 Å². The summed E-state index contributed by atoms with van der Waals surface area (Å²) in [5.41, 5.74) is 0. The zero-order valence-corrected chi connectivity index (χ0v) is 38.1. The fraction of sp³-hybridized carbons (Fsp3) is 0.750. The average Bonchev–Trinajstić information content (AvgIpc) is 2.29. The molecule has 0 fully saturated rings. The van der Waals surface area contributed by atoms with Crippen molar-refractivity contribution in [3.8, 4) is 0 Å². The minimum atomic E-state index is -0.861. The van der Waals surface area contributed by atoms with Gasteiger partial charge in [0.25, 0.3) is 0 Å². The van der Waals surface area contributed by atoms with Crippen molar-refractivity contribution in [2.45, 2.75) is 118 Å². The first-order valence-corrected chi connectivity index (χ1v) is 36.4. The summed E-state index contributed by atoms with van der Waals surface area (Å²) in [6, 6.07) is 0. The molecule has 0 heterocycles. The maximum atomic E-state index is 3.91. The van der Waals surface area contributed by atoms with Gasteiger partial charge in [-0.2, -0.15) is 0 Å². The number of rotatable bonds is 2. The second-order valence-electron chi connectivity index (χ2n) is 15.0. The SMILES string of the molecule is C[Si](C)(C)[C-]=[Ta].C[Si](C)(C)[C-]=[Ta].[CH2-][Si](C)(C)C.[CH2-][Si](C)(C)C.[CH2-][Si](C)(C)C.[CH2-][Si](C)(C)C. The first-order valence-electron chi connectivity index (χ1n) is 11.4. The van der Waals surface area contributed by atoms with Crippen molar-refractivity contribution in [2.75, 3.05) is 0 Å². The van der Waals surface area contributed by atoms with Crippen LogP contribution in [0.1, 0.15) is 0 Å². The van der Waals surface area contributed by atoms with E-state index in [2.05, 4.69) is 152 Å². The van der Waals surface area contributed by atoms with E-state index in [4.69, 9.17) is 0 Å². The third-order valence-corrected chi connectivity index (χ3v) is 16.5. The van der Waals surface area contributed by atoms with Gasteiger partial charge in [0.1, 0.15) is 0 Å². The van der Waals surface area contributed by atoms with Gasteiger partial charge < -0.3 is 26.2 Å². The van der Waals surface area contributed by atoms with Crippen molar-refractivity contribution < 1.29 is 41.2 Å². The Balaban J connectivity index is -0.0000000635. The molecule has 0 aliphatic heterocycles. The molecule has 0 unspecified atom stereocenters. The third-order valence-electron chi connectivity index (χ3n) is 0.671. The quantitative estimate of drug-likeness (QED) is 0.192. The molecule has 0 rings (SSSR count). The van der Waals surface area contributed by atoms with E-state index in [1.54, 1.807) is 0 Å². The molecule has 0 radical (unpaired) electrons. The Hall–Kier alpha value is 2.52. The zero-order valence-electron chi connectivity index (χ0n) is 25.7. The van der Waals surface area contributed by atoms with Crippen molar-refractivity contribution in [3.63, 3.8) is 0 Å². The summed E-state index contributed by atoms with van der Waals surface area (Å²) in [5, 5.41) is 0. The van der Waals surface area contributed by atoms with Crippen LogP contribution in [0.4, 0.5) is 0 Å². The van der Waals surface area contributed by atoms with Crippen LogP contribution in [0.15, 0.2) is 0 Å². The number of hydrogen-bond acceptors (Lipinski definition) is 0. The van der Waals surface area contributed by atoms with E-state index in [9.17, 15) is 0 Å². The molecule has 0 aliphatic carbocycles. The molecular formula is C24H62Si6Ta2-6. The van der Waals surface area contributed by atoms with Crippen LogP contribution >= 0.6 is 0 Å². The van der Waals surface area contributed by atoms with Gasteiger partial charge in [0.05, 0.1) is 0 Å². The van der Waals surface area contributed by atoms with E-state index in [0.29, 0.717) is 0 Å². The van der Waals surface area contributed by atoms with E-state index >= 15 is 0 Å². The van der Waals surface area contributed by atoms with Crippen molar-refractivity contribution in [3.05, 3.63) is 26.2 Å². The average molecular weight is 881 g/mol. The Morgan fingerprint density at radius 2 is 0.375 bits per heavy atom. The van der Waals surface area contributed by atoms with Crippen molar-refractivity contribution in [1.82, 2.24) is 0 Å². The van der Waals surface area contributed by atoms with Crippen LogP contribution in [0.2, 0.25) is 118 Å². The van der Waals surface area contributed by atoms with E-state index in [0.717, 1.165) is 0 Å². The van der Waals surface area contributed by atoms with Gasteiger partial charge in [0, 0.05) is 0 Å². The van der Waals surface area contributed by atoms with E-state index in [-0.39, 0.29) is 0 Å². The van der Waals surface area contributed by atoms with Crippen LogP contribution in [0, 0.1) is 26.2 Å². The fourth-order valence-electron chi connectivity index (χ4n) is 0. The molecule has 198 valence electrons. The summed E-state index contributed by atoms with van der Waals surface area (Å²) in [5.74, 6) is 0. The maximum absolute atomic E-state index is 3.91. The monoisotopic (exact) mass is 880 g/mol. The molecule has 0 bridgehead atoms. The van der Waals surface area contributed by atoms with E-state index in [1.165, 1.54) is 41.2 Å². The molecule has 0 nitrogen and oxygen atoms in total. The molecule has 0 aromatic rings. The Morgan fingerprint density at radius 1 is 0.344 bits per heavy atom. The normalized spacial score (nSPS) is 11.6. The smallest absolute Gasteiger partial charge is 0.0951 e. The summed E-state index contributed by atoms with van der Waals surface area (Å²) >= 11 is 2.66. The Labute approximate surface area is 239 Å². The Morgan fingerprint density at radius 3 is 0.375 bits per heavy atom. The Kier molecular flexibility index (Phi) is 32.2. The van der Waals surface area contributed by atoms with Crippen molar-refractivity contribution in [1.29, 1.82) is 0 Å². The zero-order chi connectivity index (χ0) is 28.4. The summed E-state index contributed by atoms with van der Waals surface area (Å²) in [4.78, 5) is 0. The van der Waals surface area contributed by atoms with Gasteiger partial charge in [-0.25, -0.2) is 0 Å². The Bertz CT molecular complexity index is 334. The van der Waals surface area contributed by atoms with Gasteiger partial charge in [-0.15, -0.1) is 32.3 Å². The fourth-order valence-corrected chi connectivity index (χ4v) is 0. The molecule has 0 N–H and O–H groups in total. The van der Waals surface area contributed by atoms with Crippen LogP contribution in [0.25, 0.3) is 0 Å². The van der Waals surface area contributed by atoms with Crippen LogP contribution in [-0.2, 0) is 41.2 Å². The van der Waals surface area contributed by atoms with Crippen LogP contribution in [-0.4, -0.2) is 56.1 Å². The molecule has 32 heavy (non-hydrogen) atoms.